The third-order valence-corrected chi connectivity index (χ3v) is 6.31. The second-order valence-corrected chi connectivity index (χ2v) is 8.12. The smallest absolute Gasteiger partial charge is 0.191 e. The maximum atomic E-state index is 4.67. The Hall–Kier alpha value is -0.0200. The first-order valence-electron chi connectivity index (χ1n) is 8.06. The zero-order valence-electron chi connectivity index (χ0n) is 14.5. The van der Waals surface area contributed by atoms with Crippen molar-refractivity contribution in [2.45, 2.75) is 56.7 Å². The number of nitrogens with one attached hydrogen (secondary N) is 2. The summed E-state index contributed by atoms with van der Waals surface area (Å²) in [5, 5.41) is 11.2. The fourth-order valence-electron chi connectivity index (χ4n) is 2.68. The van der Waals surface area contributed by atoms with Gasteiger partial charge in [-0.2, -0.15) is 11.8 Å². The molecule has 0 spiro atoms. The summed E-state index contributed by atoms with van der Waals surface area (Å²) in [7, 11) is 1.84. The molecule has 2 N–H and O–H groups in total. The monoisotopic (exact) mass is 468 g/mol. The first-order valence-corrected chi connectivity index (χ1v) is 10.2. The van der Waals surface area contributed by atoms with Gasteiger partial charge in [0.25, 0.3) is 0 Å². The summed E-state index contributed by atoms with van der Waals surface area (Å²) in [6.07, 6.45) is 6.95. The fourth-order valence-corrected chi connectivity index (χ4v) is 4.35. The third kappa shape index (κ3) is 6.78. The predicted molar refractivity (Wildman–Crippen MR) is 115 cm³/mol. The van der Waals surface area contributed by atoms with Gasteiger partial charge in [-0.05, 0) is 25.5 Å². The Labute approximate surface area is 165 Å². The van der Waals surface area contributed by atoms with Gasteiger partial charge in [-0.25, -0.2) is 4.98 Å². The van der Waals surface area contributed by atoms with Crippen molar-refractivity contribution in [1.29, 1.82) is 0 Å². The van der Waals surface area contributed by atoms with Gasteiger partial charge in [0, 0.05) is 42.6 Å². The average Bonchev–Trinajstić information content (AvgIpc) is 3.15. The lowest BCUT2D eigenvalue weighted by Gasteiger charge is -2.17. The molecule has 2 atom stereocenters. The third-order valence-electron chi connectivity index (χ3n) is 4.02. The summed E-state index contributed by atoms with van der Waals surface area (Å²) in [6, 6.07) is 0.565. The van der Waals surface area contributed by atoms with Crippen LogP contribution in [0.5, 0.6) is 0 Å². The first-order chi connectivity index (χ1) is 10.6. The number of halogens is 1. The number of rotatable bonds is 6. The Morgan fingerprint density at radius 3 is 2.83 bits per heavy atom. The molecule has 1 fully saturated rings. The second-order valence-electron chi connectivity index (χ2n) is 6.09. The Balaban J connectivity index is 0.00000264. The maximum Gasteiger partial charge on any atom is 0.191 e. The van der Waals surface area contributed by atoms with E-state index in [0.29, 0.717) is 12.0 Å². The number of aromatic nitrogens is 1. The molecule has 0 aromatic carbocycles. The van der Waals surface area contributed by atoms with E-state index in [2.05, 4.69) is 46.1 Å². The molecule has 1 aliphatic rings. The SMILES string of the molecule is CN=C(NCCc1csc(C(C)C)n1)NC1CCC(SC)C1.I. The Morgan fingerprint density at radius 2 is 2.26 bits per heavy atom. The molecule has 1 aromatic rings. The van der Waals surface area contributed by atoms with E-state index >= 15 is 0 Å². The molecule has 0 amide bonds. The van der Waals surface area contributed by atoms with Crippen LogP contribution < -0.4 is 10.6 Å². The Kier molecular flexibility index (Phi) is 9.84. The van der Waals surface area contributed by atoms with Crippen molar-refractivity contribution in [3.63, 3.8) is 0 Å². The van der Waals surface area contributed by atoms with E-state index in [4.69, 9.17) is 0 Å². The van der Waals surface area contributed by atoms with Gasteiger partial charge in [0.2, 0.25) is 0 Å². The van der Waals surface area contributed by atoms with Gasteiger partial charge in [0.15, 0.2) is 5.96 Å². The van der Waals surface area contributed by atoms with Gasteiger partial charge in [-0.1, -0.05) is 13.8 Å². The van der Waals surface area contributed by atoms with Gasteiger partial charge in [-0.15, -0.1) is 35.3 Å². The number of thiazole rings is 1. The largest absolute Gasteiger partial charge is 0.356 e. The molecule has 1 aromatic heterocycles. The van der Waals surface area contributed by atoms with Gasteiger partial charge in [0.05, 0.1) is 10.7 Å². The van der Waals surface area contributed by atoms with E-state index in [1.54, 1.807) is 11.3 Å². The molecule has 0 aliphatic heterocycles. The standard InChI is InChI=1S/C16H28N4S2.HI/c1-11(2)15-19-13(10-22-15)7-8-18-16(17-3)20-12-5-6-14(9-12)21-4;/h10-12,14H,5-9H2,1-4H3,(H2,17,18,20);1H. The van der Waals surface area contributed by atoms with E-state index in [9.17, 15) is 0 Å². The van der Waals surface area contributed by atoms with Crippen molar-refractivity contribution in [3.05, 3.63) is 16.1 Å². The summed E-state index contributed by atoms with van der Waals surface area (Å²) in [6.45, 7) is 5.26. The molecule has 1 aliphatic carbocycles. The number of hydrogen-bond donors (Lipinski definition) is 2. The molecule has 0 saturated heterocycles. The lowest BCUT2D eigenvalue weighted by atomic mass is 10.2. The molecule has 4 nitrogen and oxygen atoms in total. The van der Waals surface area contributed by atoms with Crippen LogP contribution in [0.2, 0.25) is 0 Å². The highest BCUT2D eigenvalue weighted by atomic mass is 127. The molecular weight excluding hydrogens is 439 g/mol. The minimum absolute atomic E-state index is 0. The molecule has 1 heterocycles. The minimum atomic E-state index is 0. The highest BCUT2D eigenvalue weighted by Crippen LogP contribution is 2.28. The molecular formula is C16H29IN4S2. The van der Waals surface area contributed by atoms with Gasteiger partial charge in [0.1, 0.15) is 0 Å². The number of hydrogen-bond acceptors (Lipinski definition) is 4. The molecule has 1 saturated carbocycles. The van der Waals surface area contributed by atoms with Crippen LogP contribution in [0, 0.1) is 0 Å². The number of nitrogens with zero attached hydrogens (tertiary/aromatic N) is 2. The van der Waals surface area contributed by atoms with Gasteiger partial charge < -0.3 is 10.6 Å². The zero-order valence-corrected chi connectivity index (χ0v) is 18.4. The van der Waals surface area contributed by atoms with Crippen LogP contribution >= 0.6 is 47.1 Å². The molecule has 2 rings (SSSR count). The highest BCUT2D eigenvalue weighted by molar-refractivity contribution is 14.0. The van der Waals surface area contributed by atoms with Gasteiger partial charge >= 0.3 is 0 Å². The minimum Gasteiger partial charge on any atom is -0.356 e. The van der Waals surface area contributed by atoms with Crippen molar-refractivity contribution < 1.29 is 0 Å². The molecule has 0 radical (unpaired) electrons. The van der Waals surface area contributed by atoms with Crippen LogP contribution in [0.3, 0.4) is 0 Å². The van der Waals surface area contributed by atoms with E-state index in [0.717, 1.165) is 24.2 Å². The quantitative estimate of drug-likeness (QED) is 0.378. The van der Waals surface area contributed by atoms with E-state index in [1.165, 1.54) is 30.0 Å². The van der Waals surface area contributed by atoms with E-state index in [-0.39, 0.29) is 24.0 Å². The van der Waals surface area contributed by atoms with E-state index < -0.39 is 0 Å². The van der Waals surface area contributed by atoms with Crippen molar-refractivity contribution >= 4 is 53.0 Å². The van der Waals surface area contributed by atoms with Crippen LogP contribution in [0.25, 0.3) is 0 Å². The molecule has 7 heteroatoms. The maximum absolute atomic E-state index is 4.67. The van der Waals surface area contributed by atoms with Crippen LogP contribution in [0.4, 0.5) is 0 Å². The van der Waals surface area contributed by atoms with E-state index in [1.807, 2.05) is 18.8 Å². The zero-order chi connectivity index (χ0) is 15.9. The normalized spacial score (nSPS) is 21.3. The number of aliphatic imine (C=N–C) groups is 1. The fraction of sp³-hybridized carbons (Fsp3) is 0.750. The lowest BCUT2D eigenvalue weighted by molar-refractivity contribution is 0.614. The van der Waals surface area contributed by atoms with Crippen LogP contribution in [-0.4, -0.2) is 42.1 Å². The van der Waals surface area contributed by atoms with Crippen molar-refractivity contribution in [2.75, 3.05) is 19.8 Å². The van der Waals surface area contributed by atoms with Crippen molar-refractivity contribution in [3.8, 4) is 0 Å². The van der Waals surface area contributed by atoms with Crippen molar-refractivity contribution in [2.24, 2.45) is 4.99 Å². The van der Waals surface area contributed by atoms with Crippen molar-refractivity contribution in [1.82, 2.24) is 15.6 Å². The average molecular weight is 468 g/mol. The van der Waals surface area contributed by atoms with Gasteiger partial charge in [-0.3, -0.25) is 4.99 Å². The van der Waals surface area contributed by atoms with Crippen LogP contribution in [0.1, 0.15) is 49.7 Å². The highest BCUT2D eigenvalue weighted by Gasteiger charge is 2.24. The molecule has 132 valence electrons. The lowest BCUT2D eigenvalue weighted by Crippen LogP contribution is -2.43. The summed E-state index contributed by atoms with van der Waals surface area (Å²) in [5.74, 6) is 1.44. The first kappa shape index (κ1) is 21.0. The summed E-state index contributed by atoms with van der Waals surface area (Å²) < 4.78 is 0. The summed E-state index contributed by atoms with van der Waals surface area (Å²) in [5.41, 5.74) is 1.18. The number of thioether (sulfide) groups is 1. The molecule has 0 bridgehead atoms. The molecule has 23 heavy (non-hydrogen) atoms. The molecule has 2 unspecified atom stereocenters. The van der Waals surface area contributed by atoms with Crippen LogP contribution in [-0.2, 0) is 6.42 Å². The Bertz CT molecular complexity index is 490. The van der Waals surface area contributed by atoms with Crippen LogP contribution in [0.15, 0.2) is 10.4 Å². The predicted octanol–water partition coefficient (Wildman–Crippen LogP) is 3.88. The Morgan fingerprint density at radius 1 is 1.48 bits per heavy atom. The number of guanidine groups is 1. The second kappa shape index (κ2) is 10.8. The summed E-state index contributed by atoms with van der Waals surface area (Å²) >= 11 is 3.75. The summed E-state index contributed by atoms with van der Waals surface area (Å²) in [4.78, 5) is 9.01. The topological polar surface area (TPSA) is 49.3 Å².